The Morgan fingerprint density at radius 1 is 0.963 bits per heavy atom. The van der Waals surface area contributed by atoms with Gasteiger partial charge in [0, 0.05) is 41.8 Å². The number of carbonyl (C=O) groups excluding carboxylic acids is 3. The largest absolute Gasteiger partial charge is 0.469 e. The molecular weight excluding hydrogens is 348 g/mol. The smallest absolute Gasteiger partial charge is 0.311 e. The summed E-state index contributed by atoms with van der Waals surface area (Å²) in [5, 5.41) is 0.862. The van der Waals surface area contributed by atoms with Crippen molar-refractivity contribution in [1.29, 1.82) is 0 Å². The van der Waals surface area contributed by atoms with Crippen LogP contribution in [0.3, 0.4) is 0 Å². The van der Waals surface area contributed by atoms with Crippen molar-refractivity contribution in [3.05, 3.63) is 36.0 Å². The summed E-state index contributed by atoms with van der Waals surface area (Å²) in [4.78, 5) is 39.9. The maximum atomic E-state index is 13.5. The summed E-state index contributed by atoms with van der Waals surface area (Å²) in [5.41, 5.74) is 1.54. The highest BCUT2D eigenvalue weighted by molar-refractivity contribution is 6.07. The molecule has 1 aromatic carbocycles. The normalized spacial score (nSPS) is 26.4. The van der Waals surface area contributed by atoms with Crippen LogP contribution in [-0.4, -0.2) is 53.6 Å². The molecule has 2 fully saturated rings. The van der Waals surface area contributed by atoms with Crippen LogP contribution in [-0.2, 0) is 26.1 Å². The Balaban J connectivity index is 1.76. The average molecular weight is 370 g/mol. The fraction of sp³-hybridized carbons (Fsp3) is 0.450. The second-order valence-corrected chi connectivity index (χ2v) is 7.19. The first kappa shape index (κ1) is 17.6. The lowest BCUT2D eigenvalue weighted by Crippen LogP contribution is -2.39. The number of rotatable bonds is 3. The second-order valence-electron chi connectivity index (χ2n) is 7.19. The minimum atomic E-state index is -0.680. The molecule has 1 amide bonds. The standard InChI is InChI=1S/C20H22N2O5/c1-21-10-9-11-12(5-4-6-13(11)21)18(23)22-14-7-8-15(22)17(20(25)27-3)16(14)19(24)26-2/h4-6,9-10,14-17H,7-8H2,1-3H3/t14-,15+,16+,17?/m1/s1. The van der Waals surface area contributed by atoms with E-state index in [1.807, 2.05) is 36.0 Å². The Hall–Kier alpha value is -2.83. The van der Waals surface area contributed by atoms with Crippen molar-refractivity contribution >= 4 is 28.7 Å². The Morgan fingerprint density at radius 3 is 2.11 bits per heavy atom. The van der Waals surface area contributed by atoms with Crippen LogP contribution in [0.25, 0.3) is 10.9 Å². The van der Waals surface area contributed by atoms with Crippen LogP contribution in [0.4, 0.5) is 0 Å². The molecule has 2 aliphatic heterocycles. The molecule has 7 heteroatoms. The number of hydrogen-bond acceptors (Lipinski definition) is 5. The highest BCUT2D eigenvalue weighted by Gasteiger charge is 2.61. The molecule has 27 heavy (non-hydrogen) atoms. The molecule has 2 bridgehead atoms. The van der Waals surface area contributed by atoms with Gasteiger partial charge in [-0.3, -0.25) is 14.4 Å². The molecule has 2 aliphatic rings. The molecule has 1 aromatic heterocycles. The van der Waals surface area contributed by atoms with Crippen LogP contribution < -0.4 is 0 Å². The van der Waals surface area contributed by atoms with Crippen LogP contribution in [0.1, 0.15) is 23.2 Å². The summed E-state index contributed by atoms with van der Waals surface area (Å²) in [6.07, 6.45) is 3.26. The van der Waals surface area contributed by atoms with Gasteiger partial charge in [0.1, 0.15) is 0 Å². The second kappa shape index (κ2) is 6.40. The van der Waals surface area contributed by atoms with Crippen molar-refractivity contribution in [3.63, 3.8) is 0 Å². The maximum absolute atomic E-state index is 13.5. The first-order chi connectivity index (χ1) is 13.0. The van der Waals surface area contributed by atoms with Gasteiger partial charge >= 0.3 is 11.9 Å². The average Bonchev–Trinajstić information content (AvgIpc) is 3.37. The molecule has 142 valence electrons. The fourth-order valence-electron chi connectivity index (χ4n) is 4.86. The lowest BCUT2D eigenvalue weighted by Gasteiger charge is -2.24. The summed E-state index contributed by atoms with van der Waals surface area (Å²) in [6, 6.07) is 6.82. The number of nitrogens with zero attached hydrogens (tertiary/aromatic N) is 2. The molecule has 0 spiro atoms. The molecule has 1 unspecified atom stereocenters. The van der Waals surface area contributed by atoms with E-state index in [1.165, 1.54) is 14.2 Å². The molecule has 3 heterocycles. The number of methoxy groups -OCH3 is 2. The zero-order valence-electron chi connectivity index (χ0n) is 15.5. The quantitative estimate of drug-likeness (QED) is 0.769. The number of benzene rings is 1. The highest BCUT2D eigenvalue weighted by Crippen LogP contribution is 2.47. The van der Waals surface area contributed by atoms with Crippen molar-refractivity contribution in [2.45, 2.75) is 24.9 Å². The van der Waals surface area contributed by atoms with Gasteiger partial charge in [-0.15, -0.1) is 0 Å². The molecule has 0 aliphatic carbocycles. The van der Waals surface area contributed by atoms with E-state index in [2.05, 4.69) is 0 Å². The number of esters is 2. The summed E-state index contributed by atoms with van der Waals surface area (Å²) < 4.78 is 11.8. The third kappa shape index (κ3) is 2.44. The number of aryl methyl sites for hydroxylation is 1. The fourth-order valence-corrected chi connectivity index (χ4v) is 4.86. The zero-order valence-corrected chi connectivity index (χ0v) is 15.5. The van der Waals surface area contributed by atoms with E-state index in [1.54, 1.807) is 11.0 Å². The molecule has 0 radical (unpaired) electrons. The molecule has 7 nitrogen and oxygen atoms in total. The van der Waals surface area contributed by atoms with Crippen molar-refractivity contribution in [2.24, 2.45) is 18.9 Å². The van der Waals surface area contributed by atoms with Crippen molar-refractivity contribution < 1.29 is 23.9 Å². The monoisotopic (exact) mass is 370 g/mol. The Morgan fingerprint density at radius 2 is 1.56 bits per heavy atom. The van der Waals surface area contributed by atoms with E-state index >= 15 is 0 Å². The van der Waals surface area contributed by atoms with Gasteiger partial charge in [-0.1, -0.05) is 6.07 Å². The number of amides is 1. The topological polar surface area (TPSA) is 77.8 Å². The number of fused-ring (bicyclic) bond motifs is 3. The third-order valence-electron chi connectivity index (χ3n) is 6.03. The summed E-state index contributed by atoms with van der Waals surface area (Å²) in [7, 11) is 4.54. The van der Waals surface area contributed by atoms with Crippen LogP contribution in [0, 0.1) is 11.8 Å². The Labute approximate surface area is 156 Å². The predicted octanol–water partition coefficient (Wildman–Crippen LogP) is 1.74. The van der Waals surface area contributed by atoms with Crippen LogP contribution in [0.2, 0.25) is 0 Å². The van der Waals surface area contributed by atoms with E-state index in [9.17, 15) is 14.4 Å². The molecule has 4 rings (SSSR count). The molecule has 0 saturated carbocycles. The van der Waals surface area contributed by atoms with Gasteiger partial charge in [-0.05, 0) is 31.0 Å². The van der Waals surface area contributed by atoms with E-state index in [0.29, 0.717) is 18.4 Å². The summed E-state index contributed by atoms with van der Waals surface area (Å²) in [6.45, 7) is 0. The number of aromatic nitrogens is 1. The summed E-state index contributed by atoms with van der Waals surface area (Å²) in [5.74, 6) is -2.44. The van der Waals surface area contributed by atoms with Gasteiger partial charge < -0.3 is 18.9 Å². The summed E-state index contributed by atoms with van der Waals surface area (Å²) >= 11 is 0. The van der Waals surface area contributed by atoms with E-state index in [-0.39, 0.29) is 18.0 Å². The van der Waals surface area contributed by atoms with Crippen molar-refractivity contribution in [3.8, 4) is 0 Å². The lowest BCUT2D eigenvalue weighted by molar-refractivity contribution is -0.157. The van der Waals surface area contributed by atoms with E-state index < -0.39 is 23.8 Å². The minimum Gasteiger partial charge on any atom is -0.469 e. The molecule has 2 saturated heterocycles. The van der Waals surface area contributed by atoms with Gasteiger partial charge in [-0.2, -0.15) is 0 Å². The molecule has 0 N–H and O–H groups in total. The SMILES string of the molecule is COC(=O)C1[C@@H](C(=O)OC)[C@H]2CC[C@@H]1N2C(=O)c1cccc2c1ccn2C. The van der Waals surface area contributed by atoms with Crippen LogP contribution in [0.15, 0.2) is 30.5 Å². The Kier molecular flexibility index (Phi) is 4.17. The van der Waals surface area contributed by atoms with Gasteiger partial charge in [0.25, 0.3) is 5.91 Å². The van der Waals surface area contributed by atoms with Crippen LogP contribution >= 0.6 is 0 Å². The number of carbonyl (C=O) groups is 3. The zero-order chi connectivity index (χ0) is 19.3. The molecule has 4 atom stereocenters. The van der Waals surface area contributed by atoms with Crippen molar-refractivity contribution in [2.75, 3.05) is 14.2 Å². The van der Waals surface area contributed by atoms with Gasteiger partial charge in [0.05, 0.1) is 26.1 Å². The number of hydrogen-bond donors (Lipinski definition) is 0. The van der Waals surface area contributed by atoms with Gasteiger partial charge in [0.2, 0.25) is 0 Å². The minimum absolute atomic E-state index is 0.153. The highest BCUT2D eigenvalue weighted by atomic mass is 16.5. The third-order valence-corrected chi connectivity index (χ3v) is 6.03. The van der Waals surface area contributed by atoms with E-state index in [0.717, 1.165) is 10.9 Å². The van der Waals surface area contributed by atoms with Gasteiger partial charge in [-0.25, -0.2) is 0 Å². The maximum Gasteiger partial charge on any atom is 0.311 e. The van der Waals surface area contributed by atoms with Crippen LogP contribution in [0.5, 0.6) is 0 Å². The predicted molar refractivity (Wildman–Crippen MR) is 96.9 cm³/mol. The van der Waals surface area contributed by atoms with Gasteiger partial charge in [0.15, 0.2) is 0 Å². The first-order valence-corrected chi connectivity index (χ1v) is 9.02. The van der Waals surface area contributed by atoms with Crippen molar-refractivity contribution in [1.82, 2.24) is 9.47 Å². The first-order valence-electron chi connectivity index (χ1n) is 9.02. The number of ether oxygens (including phenoxy) is 2. The van der Waals surface area contributed by atoms with E-state index in [4.69, 9.17) is 9.47 Å². The Bertz CT molecular complexity index is 904. The lowest BCUT2D eigenvalue weighted by atomic mass is 9.79. The molecule has 2 aromatic rings. The molecular formula is C20H22N2O5.